The Balaban J connectivity index is 0.00000112. The Bertz CT molecular complexity index is 389. The summed E-state index contributed by atoms with van der Waals surface area (Å²) in [6.07, 6.45) is 0.305. The quantitative estimate of drug-likeness (QED) is 0.834. The normalized spacial score (nSPS) is 13.9. The fraction of sp³-hybridized carbons (Fsp3) is 0.300. The number of nitriles is 1. The predicted octanol–water partition coefficient (Wildman–Crippen LogP) is 1.75. The van der Waals surface area contributed by atoms with Crippen molar-refractivity contribution in [1.82, 2.24) is 0 Å². The molecular weight excluding hydrogens is 216 g/mol. The largest absolute Gasteiger partial charge is 0.454 e. The molecule has 0 bridgehead atoms. The fourth-order valence-electron chi connectivity index (χ4n) is 1.36. The summed E-state index contributed by atoms with van der Waals surface area (Å²) in [6, 6.07) is 7.28. The number of rotatable bonds is 2. The lowest BCUT2D eigenvalue weighted by atomic mass is 10.1. The summed E-state index contributed by atoms with van der Waals surface area (Å²) >= 11 is 0. The van der Waals surface area contributed by atoms with Crippen LogP contribution in [0.2, 0.25) is 0 Å². The van der Waals surface area contributed by atoms with Gasteiger partial charge in [-0.15, -0.1) is 12.4 Å². The van der Waals surface area contributed by atoms with E-state index < -0.39 is 0 Å². The van der Waals surface area contributed by atoms with Gasteiger partial charge in [0.05, 0.1) is 12.5 Å². The van der Waals surface area contributed by atoms with Crippen LogP contribution in [0.1, 0.15) is 18.0 Å². The Labute approximate surface area is 94.0 Å². The summed E-state index contributed by atoms with van der Waals surface area (Å²) in [5.41, 5.74) is 6.68. The fourth-order valence-corrected chi connectivity index (χ4v) is 1.36. The molecule has 4 nitrogen and oxygen atoms in total. The van der Waals surface area contributed by atoms with E-state index in [0.29, 0.717) is 12.2 Å². The molecule has 0 unspecified atom stereocenters. The Morgan fingerprint density at radius 3 is 2.87 bits per heavy atom. The number of halogens is 1. The van der Waals surface area contributed by atoms with Crippen molar-refractivity contribution in [2.45, 2.75) is 12.5 Å². The first-order valence-corrected chi connectivity index (χ1v) is 4.33. The number of hydrogen-bond donors (Lipinski definition) is 1. The van der Waals surface area contributed by atoms with E-state index in [1.54, 1.807) is 0 Å². The topological polar surface area (TPSA) is 68.3 Å². The van der Waals surface area contributed by atoms with Crippen molar-refractivity contribution in [1.29, 1.82) is 5.26 Å². The molecule has 0 amide bonds. The summed E-state index contributed by atoms with van der Waals surface area (Å²) in [5.74, 6) is 1.44. The molecule has 2 N–H and O–H groups in total. The first-order chi connectivity index (χ1) is 6.81. The van der Waals surface area contributed by atoms with Gasteiger partial charge in [-0.05, 0) is 17.7 Å². The Morgan fingerprint density at radius 1 is 1.40 bits per heavy atom. The maximum Gasteiger partial charge on any atom is 0.231 e. The number of benzene rings is 1. The number of fused-ring (bicyclic) bond motifs is 1. The van der Waals surface area contributed by atoms with Crippen molar-refractivity contribution in [3.05, 3.63) is 23.8 Å². The predicted molar refractivity (Wildman–Crippen MR) is 57.0 cm³/mol. The lowest BCUT2D eigenvalue weighted by molar-refractivity contribution is 0.174. The molecule has 15 heavy (non-hydrogen) atoms. The zero-order valence-corrected chi connectivity index (χ0v) is 8.79. The van der Waals surface area contributed by atoms with E-state index in [1.165, 1.54) is 0 Å². The molecule has 0 saturated heterocycles. The van der Waals surface area contributed by atoms with Crippen molar-refractivity contribution in [2.24, 2.45) is 5.73 Å². The maximum atomic E-state index is 8.51. The van der Waals surface area contributed by atoms with Crippen LogP contribution < -0.4 is 15.2 Å². The number of ether oxygens (including phenoxy) is 2. The van der Waals surface area contributed by atoms with Crippen molar-refractivity contribution in [3.8, 4) is 17.6 Å². The van der Waals surface area contributed by atoms with Gasteiger partial charge in [0.15, 0.2) is 11.5 Å². The Morgan fingerprint density at radius 2 is 2.13 bits per heavy atom. The van der Waals surface area contributed by atoms with Gasteiger partial charge in [-0.2, -0.15) is 5.26 Å². The maximum absolute atomic E-state index is 8.51. The van der Waals surface area contributed by atoms with E-state index in [2.05, 4.69) is 0 Å². The first-order valence-electron chi connectivity index (χ1n) is 4.33. The van der Waals surface area contributed by atoms with E-state index in [0.717, 1.165) is 11.3 Å². The van der Waals surface area contributed by atoms with Crippen LogP contribution in [-0.4, -0.2) is 6.79 Å². The minimum absolute atomic E-state index is 0. The molecule has 80 valence electrons. The average molecular weight is 227 g/mol. The second kappa shape index (κ2) is 4.87. The van der Waals surface area contributed by atoms with Gasteiger partial charge in [-0.25, -0.2) is 0 Å². The molecule has 0 radical (unpaired) electrons. The van der Waals surface area contributed by atoms with Gasteiger partial charge in [0.25, 0.3) is 0 Å². The van der Waals surface area contributed by atoms with Gasteiger partial charge in [-0.1, -0.05) is 6.07 Å². The van der Waals surface area contributed by atoms with E-state index in [1.807, 2.05) is 24.3 Å². The van der Waals surface area contributed by atoms with Crippen molar-refractivity contribution < 1.29 is 9.47 Å². The van der Waals surface area contributed by atoms with Crippen LogP contribution in [0.5, 0.6) is 11.5 Å². The van der Waals surface area contributed by atoms with Crippen molar-refractivity contribution in [3.63, 3.8) is 0 Å². The molecule has 0 saturated carbocycles. The van der Waals surface area contributed by atoms with Crippen molar-refractivity contribution in [2.75, 3.05) is 6.79 Å². The average Bonchev–Trinajstić information content (AvgIpc) is 2.64. The van der Waals surface area contributed by atoms with Gasteiger partial charge in [0, 0.05) is 6.04 Å². The first kappa shape index (κ1) is 11.6. The van der Waals surface area contributed by atoms with Gasteiger partial charge in [-0.3, -0.25) is 0 Å². The third-order valence-electron chi connectivity index (χ3n) is 2.14. The molecule has 1 heterocycles. The van der Waals surface area contributed by atoms with Crippen LogP contribution in [0.3, 0.4) is 0 Å². The van der Waals surface area contributed by atoms with Gasteiger partial charge in [0.2, 0.25) is 6.79 Å². The molecule has 5 heteroatoms. The molecule has 0 aromatic heterocycles. The molecule has 0 spiro atoms. The van der Waals surface area contributed by atoms with E-state index in [-0.39, 0.29) is 25.2 Å². The van der Waals surface area contributed by atoms with E-state index in [9.17, 15) is 0 Å². The van der Waals surface area contributed by atoms with E-state index in [4.69, 9.17) is 20.5 Å². The van der Waals surface area contributed by atoms with Crippen LogP contribution in [0, 0.1) is 11.3 Å². The molecule has 1 atom stereocenters. The summed E-state index contributed by atoms with van der Waals surface area (Å²) in [6.45, 7) is 0.256. The van der Waals surface area contributed by atoms with Crippen LogP contribution in [0.25, 0.3) is 0 Å². The number of nitrogens with two attached hydrogens (primary N) is 1. The zero-order valence-electron chi connectivity index (χ0n) is 7.97. The Hall–Kier alpha value is -1.44. The molecule has 0 aliphatic carbocycles. The van der Waals surface area contributed by atoms with E-state index >= 15 is 0 Å². The molecule has 1 aliphatic rings. The molecule has 1 aromatic carbocycles. The summed E-state index contributed by atoms with van der Waals surface area (Å²) in [7, 11) is 0. The Kier molecular flexibility index (Phi) is 3.78. The van der Waals surface area contributed by atoms with Crippen LogP contribution in [-0.2, 0) is 0 Å². The second-order valence-electron chi connectivity index (χ2n) is 3.08. The zero-order chi connectivity index (χ0) is 9.97. The highest BCUT2D eigenvalue weighted by Crippen LogP contribution is 2.34. The number of nitrogens with zero attached hydrogens (tertiary/aromatic N) is 1. The van der Waals surface area contributed by atoms with Gasteiger partial charge in [0.1, 0.15) is 0 Å². The SMILES string of the molecule is Cl.N#CC[C@H](N)c1ccc2c(c1)OCO2. The highest BCUT2D eigenvalue weighted by molar-refractivity contribution is 5.85. The molecule has 1 aromatic rings. The second-order valence-corrected chi connectivity index (χ2v) is 3.08. The van der Waals surface area contributed by atoms with Crippen molar-refractivity contribution >= 4 is 12.4 Å². The summed E-state index contributed by atoms with van der Waals surface area (Å²) < 4.78 is 10.4. The summed E-state index contributed by atoms with van der Waals surface area (Å²) in [4.78, 5) is 0. The minimum atomic E-state index is -0.255. The lowest BCUT2D eigenvalue weighted by Crippen LogP contribution is -2.08. The number of hydrogen-bond acceptors (Lipinski definition) is 4. The molecular formula is C10H11ClN2O2. The van der Waals surface area contributed by atoms with Crippen LogP contribution >= 0.6 is 12.4 Å². The standard InChI is InChI=1S/C10H10N2O2.ClH/c11-4-3-8(12)7-1-2-9-10(5-7)14-6-13-9;/h1-2,5,8H,3,6,12H2;1H/t8-;/m0./s1. The highest BCUT2D eigenvalue weighted by atomic mass is 35.5. The van der Waals surface area contributed by atoms with Gasteiger partial charge < -0.3 is 15.2 Å². The molecule has 2 rings (SSSR count). The minimum Gasteiger partial charge on any atom is -0.454 e. The van der Waals surface area contributed by atoms with Gasteiger partial charge >= 0.3 is 0 Å². The lowest BCUT2D eigenvalue weighted by Gasteiger charge is -2.07. The monoisotopic (exact) mass is 226 g/mol. The smallest absolute Gasteiger partial charge is 0.231 e. The molecule has 1 aliphatic heterocycles. The van der Waals surface area contributed by atoms with Crippen LogP contribution in [0.15, 0.2) is 18.2 Å². The van der Waals surface area contributed by atoms with Crippen LogP contribution in [0.4, 0.5) is 0 Å². The highest BCUT2D eigenvalue weighted by Gasteiger charge is 2.15. The molecule has 0 fully saturated rings. The third-order valence-corrected chi connectivity index (χ3v) is 2.14. The summed E-state index contributed by atoms with van der Waals surface area (Å²) in [5, 5.41) is 8.51. The third kappa shape index (κ3) is 2.32.